The molecule has 0 heterocycles. The molecule has 0 aliphatic rings. The maximum atomic E-state index is 12.0. The molecule has 0 spiro atoms. The highest BCUT2D eigenvalue weighted by molar-refractivity contribution is 8.01. The first-order valence-electron chi connectivity index (χ1n) is 8.57. The second-order valence-electron chi connectivity index (χ2n) is 6.16. The molecular weight excluding hydrogens is 346 g/mol. The summed E-state index contributed by atoms with van der Waals surface area (Å²) in [6.07, 6.45) is 0.213. The first-order valence-corrected chi connectivity index (χ1v) is 9.51. The number of aliphatic carboxylic acids is 1. The molecule has 0 radical (unpaired) electrons. The fraction of sp³-hybridized carbons (Fsp3) is 0.824. The van der Waals surface area contributed by atoms with Gasteiger partial charge in [-0.3, -0.25) is 14.4 Å². The van der Waals surface area contributed by atoms with E-state index in [0.717, 1.165) is 0 Å². The van der Waals surface area contributed by atoms with E-state index in [1.165, 1.54) is 11.8 Å². The van der Waals surface area contributed by atoms with Crippen LogP contribution < -0.4 is 5.32 Å². The van der Waals surface area contributed by atoms with E-state index >= 15 is 0 Å². The largest absolute Gasteiger partial charge is 0.481 e. The van der Waals surface area contributed by atoms with Gasteiger partial charge in [0, 0.05) is 18.9 Å². The lowest BCUT2D eigenvalue weighted by Gasteiger charge is -2.16. The summed E-state index contributed by atoms with van der Waals surface area (Å²) in [4.78, 5) is 34.2. The lowest BCUT2D eigenvalue weighted by molar-refractivity contribution is -0.138. The van der Waals surface area contributed by atoms with Gasteiger partial charge in [-0.2, -0.15) is 0 Å². The molecule has 0 rings (SSSR count). The van der Waals surface area contributed by atoms with Crippen molar-refractivity contribution in [1.29, 1.82) is 0 Å². The van der Waals surface area contributed by atoms with Crippen molar-refractivity contribution >= 4 is 29.4 Å². The van der Waals surface area contributed by atoms with Crippen molar-refractivity contribution in [2.75, 3.05) is 33.0 Å². The predicted molar refractivity (Wildman–Crippen MR) is 97.9 cm³/mol. The average Bonchev–Trinajstić information content (AvgIpc) is 2.51. The van der Waals surface area contributed by atoms with Gasteiger partial charge in [0.1, 0.15) is 5.78 Å². The van der Waals surface area contributed by atoms with Gasteiger partial charge in [-0.15, -0.1) is 11.8 Å². The summed E-state index contributed by atoms with van der Waals surface area (Å²) in [6.45, 7) is 9.37. The first-order chi connectivity index (χ1) is 11.7. The van der Waals surface area contributed by atoms with Crippen molar-refractivity contribution in [1.82, 2.24) is 5.32 Å². The summed E-state index contributed by atoms with van der Waals surface area (Å²) < 4.78 is 10.6. The Balaban J connectivity index is 3.73. The van der Waals surface area contributed by atoms with E-state index < -0.39 is 11.2 Å². The Hall–Kier alpha value is -1.12. The van der Waals surface area contributed by atoms with Gasteiger partial charge in [0.15, 0.2) is 0 Å². The Morgan fingerprint density at radius 2 is 1.60 bits per heavy atom. The molecule has 0 fully saturated rings. The van der Waals surface area contributed by atoms with Crippen LogP contribution in [0.2, 0.25) is 0 Å². The van der Waals surface area contributed by atoms with E-state index in [0.29, 0.717) is 39.4 Å². The molecule has 0 aromatic carbocycles. The summed E-state index contributed by atoms with van der Waals surface area (Å²) in [5.41, 5.74) is 0. The molecule has 146 valence electrons. The number of Topliss-reactive ketones (excluding diaryl/α,β-unsaturated/α-hetero) is 1. The SMILES string of the molecule is CC(C)SC(CC(=O)O)C(=O)NCCOCCOCCC(=O)C(C)C. The molecule has 0 saturated carbocycles. The van der Waals surface area contributed by atoms with Crippen molar-refractivity contribution in [3.05, 3.63) is 0 Å². The lowest BCUT2D eigenvalue weighted by atomic mass is 10.1. The van der Waals surface area contributed by atoms with Gasteiger partial charge >= 0.3 is 5.97 Å². The number of nitrogens with one attached hydrogen (secondary N) is 1. The van der Waals surface area contributed by atoms with Gasteiger partial charge in [-0.25, -0.2) is 0 Å². The first kappa shape index (κ1) is 23.9. The van der Waals surface area contributed by atoms with Crippen molar-refractivity contribution in [2.24, 2.45) is 5.92 Å². The molecule has 0 bridgehead atoms. The Morgan fingerprint density at radius 1 is 1.00 bits per heavy atom. The van der Waals surface area contributed by atoms with Crippen LogP contribution >= 0.6 is 11.8 Å². The number of thioether (sulfide) groups is 1. The number of rotatable bonds is 15. The highest BCUT2D eigenvalue weighted by Crippen LogP contribution is 2.20. The van der Waals surface area contributed by atoms with Crippen molar-refractivity contribution in [3.63, 3.8) is 0 Å². The normalized spacial score (nSPS) is 12.4. The Labute approximate surface area is 154 Å². The molecule has 7 nitrogen and oxygen atoms in total. The van der Waals surface area contributed by atoms with Crippen LogP contribution in [0.4, 0.5) is 0 Å². The molecule has 0 aromatic rings. The van der Waals surface area contributed by atoms with Gasteiger partial charge in [0.05, 0.1) is 38.1 Å². The van der Waals surface area contributed by atoms with Crippen LogP contribution in [-0.4, -0.2) is 66.2 Å². The van der Waals surface area contributed by atoms with E-state index in [2.05, 4.69) is 5.32 Å². The summed E-state index contributed by atoms with van der Waals surface area (Å²) in [5.74, 6) is -1.06. The van der Waals surface area contributed by atoms with Crippen LogP contribution in [0.1, 0.15) is 40.5 Å². The third-order valence-electron chi connectivity index (χ3n) is 3.14. The van der Waals surface area contributed by atoms with Gasteiger partial charge in [0.2, 0.25) is 5.91 Å². The van der Waals surface area contributed by atoms with E-state index in [-0.39, 0.29) is 29.3 Å². The second-order valence-corrected chi connectivity index (χ2v) is 7.94. The second kappa shape index (κ2) is 14.1. The number of carboxylic acids is 1. The zero-order valence-electron chi connectivity index (χ0n) is 15.6. The average molecular weight is 378 g/mol. The predicted octanol–water partition coefficient (Wildman–Crippen LogP) is 1.74. The molecule has 2 N–H and O–H groups in total. The minimum Gasteiger partial charge on any atom is -0.481 e. The molecule has 8 heteroatoms. The van der Waals surface area contributed by atoms with E-state index in [4.69, 9.17) is 14.6 Å². The molecule has 1 amide bonds. The number of carboxylic acid groups (broad SMARTS) is 1. The molecule has 25 heavy (non-hydrogen) atoms. The van der Waals surface area contributed by atoms with Gasteiger partial charge < -0.3 is 19.9 Å². The van der Waals surface area contributed by atoms with Crippen LogP contribution in [0.25, 0.3) is 0 Å². The fourth-order valence-electron chi connectivity index (χ4n) is 1.83. The quantitative estimate of drug-likeness (QED) is 0.419. The third kappa shape index (κ3) is 13.8. The third-order valence-corrected chi connectivity index (χ3v) is 4.40. The van der Waals surface area contributed by atoms with Crippen LogP contribution in [0.15, 0.2) is 0 Å². The molecular formula is C17H31NO6S. The number of hydrogen-bond donors (Lipinski definition) is 2. The minimum atomic E-state index is -0.988. The standard InChI is InChI=1S/C17H31NO6S/c1-12(2)14(19)5-7-23-9-10-24-8-6-18-17(22)15(11-16(20)21)25-13(3)4/h12-13,15H,5-11H2,1-4H3,(H,18,22)(H,20,21). The van der Waals surface area contributed by atoms with Crippen molar-refractivity contribution < 1.29 is 29.0 Å². The lowest BCUT2D eigenvalue weighted by Crippen LogP contribution is -2.37. The number of hydrogen-bond acceptors (Lipinski definition) is 6. The number of ketones is 1. The highest BCUT2D eigenvalue weighted by Gasteiger charge is 2.23. The van der Waals surface area contributed by atoms with Crippen LogP contribution in [0, 0.1) is 5.92 Å². The zero-order valence-corrected chi connectivity index (χ0v) is 16.4. The molecule has 0 aliphatic carbocycles. The van der Waals surface area contributed by atoms with Crippen molar-refractivity contribution in [3.8, 4) is 0 Å². The van der Waals surface area contributed by atoms with Crippen molar-refractivity contribution in [2.45, 2.75) is 51.0 Å². The number of carbonyl (C=O) groups excluding carboxylic acids is 2. The van der Waals surface area contributed by atoms with E-state index in [1.807, 2.05) is 27.7 Å². The Morgan fingerprint density at radius 3 is 2.12 bits per heavy atom. The number of amides is 1. The molecule has 0 aromatic heterocycles. The molecule has 1 atom stereocenters. The van der Waals surface area contributed by atoms with E-state index in [1.54, 1.807) is 0 Å². The summed E-state index contributed by atoms with van der Waals surface area (Å²) in [5, 5.41) is 11.1. The maximum absolute atomic E-state index is 12.0. The zero-order chi connectivity index (χ0) is 19.2. The minimum absolute atomic E-state index is 0.0299. The molecule has 0 saturated heterocycles. The molecule has 0 aliphatic heterocycles. The number of ether oxygens (including phenoxy) is 2. The summed E-state index contributed by atoms with van der Waals surface area (Å²) >= 11 is 1.34. The topological polar surface area (TPSA) is 102 Å². The highest BCUT2D eigenvalue weighted by atomic mass is 32.2. The summed E-state index contributed by atoms with van der Waals surface area (Å²) in [7, 11) is 0. The Bertz CT molecular complexity index is 414. The van der Waals surface area contributed by atoms with E-state index in [9.17, 15) is 14.4 Å². The van der Waals surface area contributed by atoms with Crippen LogP contribution in [0.5, 0.6) is 0 Å². The Kier molecular flexibility index (Phi) is 13.5. The maximum Gasteiger partial charge on any atom is 0.305 e. The smallest absolute Gasteiger partial charge is 0.305 e. The molecule has 1 unspecified atom stereocenters. The van der Waals surface area contributed by atoms with Crippen LogP contribution in [0.3, 0.4) is 0 Å². The summed E-state index contributed by atoms with van der Waals surface area (Å²) in [6, 6.07) is 0. The van der Waals surface area contributed by atoms with Crippen LogP contribution in [-0.2, 0) is 23.9 Å². The van der Waals surface area contributed by atoms with Gasteiger partial charge in [-0.05, 0) is 5.25 Å². The fourth-order valence-corrected chi connectivity index (χ4v) is 2.94. The number of carbonyl (C=O) groups is 3. The van der Waals surface area contributed by atoms with Gasteiger partial charge in [0.25, 0.3) is 0 Å². The monoisotopic (exact) mass is 377 g/mol. The van der Waals surface area contributed by atoms with Gasteiger partial charge in [-0.1, -0.05) is 27.7 Å².